The maximum absolute atomic E-state index is 13.4. The van der Waals surface area contributed by atoms with E-state index >= 15 is 0 Å². The van der Waals surface area contributed by atoms with Crippen molar-refractivity contribution in [2.24, 2.45) is 0 Å². The van der Waals surface area contributed by atoms with Crippen molar-refractivity contribution in [2.75, 3.05) is 54.5 Å². The van der Waals surface area contributed by atoms with Crippen molar-refractivity contribution in [3.05, 3.63) is 136 Å². The molecule has 5 N–H and O–H groups in total. The quantitative estimate of drug-likeness (QED) is 0.0448. The number of ether oxygens (including phenoxy) is 2. The Morgan fingerprint density at radius 2 is 1.02 bits per heavy atom. The summed E-state index contributed by atoms with van der Waals surface area (Å²) in [4.78, 5) is 64.7. The minimum atomic E-state index is -1.31. The maximum atomic E-state index is 13.4. The van der Waals surface area contributed by atoms with Gasteiger partial charge in [-0.15, -0.1) is 24.8 Å². The number of pyridine rings is 2. The van der Waals surface area contributed by atoms with Gasteiger partial charge in [-0.1, -0.05) is 98.1 Å². The fourth-order valence-electron chi connectivity index (χ4n) is 10.1. The first-order valence-electron chi connectivity index (χ1n) is 26.9. The highest BCUT2D eigenvalue weighted by Gasteiger charge is 2.42. The Hall–Kier alpha value is -6.97. The number of aryl methyl sites for hydroxylation is 1. The third-order valence-corrected chi connectivity index (χ3v) is 15.1. The van der Waals surface area contributed by atoms with E-state index in [1.807, 2.05) is 53.3 Å². The Kier molecular flexibility index (Phi) is 24.4. The van der Waals surface area contributed by atoms with Crippen LogP contribution in [0, 0.1) is 18.3 Å². The molecule has 0 atom stereocenters. The molecule has 8 rings (SSSR count). The first-order chi connectivity index (χ1) is 38.3. The van der Waals surface area contributed by atoms with Crippen molar-refractivity contribution in [3.8, 4) is 68.1 Å². The number of carbonyl (C=O) groups excluding carboxylic acids is 2. The second-order valence-corrected chi connectivity index (χ2v) is 21.8. The zero-order valence-electron chi connectivity index (χ0n) is 46.7. The van der Waals surface area contributed by atoms with Gasteiger partial charge >= 0.3 is 11.9 Å². The van der Waals surface area contributed by atoms with E-state index < -0.39 is 34.8 Å². The molecular formula is C62H71Cl4N7O9. The number of nitrogens with one attached hydrogen (secondary N) is 2. The van der Waals surface area contributed by atoms with Crippen LogP contribution in [0.5, 0.6) is 17.2 Å². The number of carboxylic acid groups (broad SMARTS) is 2. The maximum Gasteiger partial charge on any atom is 0.329 e. The van der Waals surface area contributed by atoms with Gasteiger partial charge in [-0.25, -0.2) is 19.6 Å². The molecule has 6 aromatic rings. The van der Waals surface area contributed by atoms with Gasteiger partial charge in [0.25, 0.3) is 11.8 Å². The first-order valence-corrected chi connectivity index (χ1v) is 27.7. The van der Waals surface area contributed by atoms with Crippen LogP contribution in [0.3, 0.4) is 0 Å². The Labute approximate surface area is 502 Å². The molecule has 20 heteroatoms. The topological polar surface area (TPSA) is 228 Å². The number of phenolic OH excluding ortho intramolecular Hbond substituents is 1. The van der Waals surface area contributed by atoms with E-state index in [1.54, 1.807) is 84.9 Å². The number of aromatic hydroxyl groups is 1. The minimum Gasteiger partial charge on any atom is -0.508 e. The van der Waals surface area contributed by atoms with Gasteiger partial charge in [0.15, 0.2) is 0 Å². The lowest BCUT2D eigenvalue weighted by Crippen LogP contribution is -2.55. The summed E-state index contributed by atoms with van der Waals surface area (Å²) in [6.45, 7) is 4.58. The summed E-state index contributed by atoms with van der Waals surface area (Å²) in [5.41, 5.74) is 4.11. The molecular weight excluding hydrogens is 1130 g/mol. The van der Waals surface area contributed by atoms with Gasteiger partial charge in [0.2, 0.25) is 0 Å². The largest absolute Gasteiger partial charge is 0.508 e. The van der Waals surface area contributed by atoms with Crippen molar-refractivity contribution in [3.63, 3.8) is 0 Å². The lowest BCUT2D eigenvalue weighted by Gasteiger charge is -2.33. The number of aliphatic carboxylic acids is 2. The average Bonchev–Trinajstić information content (AvgIpc) is 3.46. The Balaban J connectivity index is 0.000000293. The van der Waals surface area contributed by atoms with Gasteiger partial charge < -0.3 is 45.2 Å². The van der Waals surface area contributed by atoms with Crippen LogP contribution in [-0.2, 0) is 9.59 Å². The third-order valence-electron chi connectivity index (χ3n) is 14.5. The van der Waals surface area contributed by atoms with E-state index in [1.165, 1.54) is 0 Å². The van der Waals surface area contributed by atoms with Gasteiger partial charge in [-0.05, 0) is 151 Å². The first kappa shape index (κ1) is 65.8. The van der Waals surface area contributed by atoms with E-state index in [4.69, 9.17) is 42.6 Å². The van der Waals surface area contributed by atoms with Crippen LogP contribution in [0.25, 0.3) is 44.8 Å². The third kappa shape index (κ3) is 16.6. The average molecular weight is 1200 g/mol. The smallest absolute Gasteiger partial charge is 0.329 e. The Bertz CT molecular complexity index is 3250. The fourth-order valence-corrected chi connectivity index (χ4v) is 10.5. The van der Waals surface area contributed by atoms with Crippen molar-refractivity contribution in [2.45, 2.75) is 95.1 Å². The van der Waals surface area contributed by atoms with Crippen molar-refractivity contribution >= 4 is 71.8 Å². The molecule has 2 saturated carbocycles. The second kappa shape index (κ2) is 30.4. The van der Waals surface area contributed by atoms with Crippen LogP contribution in [0.2, 0.25) is 10.0 Å². The SMILES string of the molecule is CN(C)CCCOc1cc(-c2nc(C(=O)NC3(C(=O)O)CCCCC3)ccc2-c2ccccc2C#N)ccc1Cl.Cc1cc(O)ccc1-c1ccc(C(=O)NC2(C(=O)O)CCCCC2)nc1-c1ccc(Cl)c(OCCCN(C)C)c1.Cl.Cl. The molecule has 436 valence electrons. The highest BCUT2D eigenvalue weighted by atomic mass is 35.5. The van der Waals surface area contributed by atoms with E-state index in [9.17, 15) is 39.8 Å². The van der Waals surface area contributed by atoms with Gasteiger partial charge in [-0.3, -0.25) is 9.59 Å². The van der Waals surface area contributed by atoms with Crippen molar-refractivity contribution < 1.29 is 44.0 Å². The van der Waals surface area contributed by atoms with Crippen LogP contribution in [-0.4, -0.2) is 124 Å². The molecule has 0 unspecified atom stereocenters. The molecule has 82 heavy (non-hydrogen) atoms. The molecule has 16 nitrogen and oxygen atoms in total. The molecule has 0 aliphatic heterocycles. The number of benzene rings is 4. The van der Waals surface area contributed by atoms with Gasteiger partial charge in [0, 0.05) is 40.9 Å². The molecule has 2 aromatic heterocycles. The standard InChI is InChI=1S/C31H33ClN4O4.C31H36ClN3O5.2ClH/c1-36(2)17-8-18-40-27-19-21(11-13-25(27)32)28-24(23-10-5-4-9-22(23)20-33)12-14-26(34-28)29(37)35-31(30(38)39)15-6-3-7-16-31;1-20-18-22(36)9-10-23(20)24-11-13-26(29(37)34-31(30(38)39)14-5-4-6-15-31)33-28(24)21-8-12-25(32)27(19-21)40-17-7-16-35(2)3;;/h4-5,9-14,19H,3,6-8,15-18H2,1-2H3,(H,35,37)(H,38,39);8-13,18-19,36H,4-7,14-17H2,1-3H3,(H,34,37)(H,38,39);2*1H. The number of hydrogen-bond donors (Lipinski definition) is 5. The summed E-state index contributed by atoms with van der Waals surface area (Å²) >= 11 is 12.9. The number of carboxylic acids is 2. The number of hydrogen-bond acceptors (Lipinski definition) is 12. The summed E-state index contributed by atoms with van der Waals surface area (Å²) in [7, 11) is 7.99. The Morgan fingerprint density at radius 1 is 0.598 bits per heavy atom. The van der Waals surface area contributed by atoms with E-state index in [0.29, 0.717) is 99.6 Å². The van der Waals surface area contributed by atoms with Gasteiger partial charge in [-0.2, -0.15) is 5.26 Å². The highest BCUT2D eigenvalue weighted by Crippen LogP contribution is 2.40. The molecule has 4 aromatic carbocycles. The predicted molar refractivity (Wildman–Crippen MR) is 325 cm³/mol. The summed E-state index contributed by atoms with van der Waals surface area (Å²) in [5, 5.41) is 46.1. The van der Waals surface area contributed by atoms with Crippen LogP contribution >= 0.6 is 48.0 Å². The summed E-state index contributed by atoms with van der Waals surface area (Å²) < 4.78 is 12.0. The molecule has 2 amide bonds. The lowest BCUT2D eigenvalue weighted by molar-refractivity contribution is -0.146. The Morgan fingerprint density at radius 3 is 1.44 bits per heavy atom. The minimum absolute atomic E-state index is 0. The zero-order chi connectivity index (χ0) is 57.6. The number of nitriles is 1. The van der Waals surface area contributed by atoms with E-state index in [0.717, 1.165) is 81.1 Å². The molecule has 2 fully saturated rings. The molecule has 2 aliphatic carbocycles. The van der Waals surface area contributed by atoms with Gasteiger partial charge in [0.1, 0.15) is 39.7 Å². The van der Waals surface area contributed by atoms with Crippen LogP contribution in [0.1, 0.15) is 109 Å². The zero-order valence-corrected chi connectivity index (χ0v) is 49.9. The number of halogens is 4. The second-order valence-electron chi connectivity index (χ2n) is 20.9. The van der Waals surface area contributed by atoms with Crippen LogP contribution in [0.15, 0.2) is 103 Å². The van der Waals surface area contributed by atoms with Gasteiger partial charge in [0.05, 0.1) is 46.3 Å². The monoisotopic (exact) mass is 1200 g/mol. The number of amides is 2. The van der Waals surface area contributed by atoms with Crippen molar-refractivity contribution in [1.29, 1.82) is 5.26 Å². The van der Waals surface area contributed by atoms with Crippen molar-refractivity contribution in [1.82, 2.24) is 30.4 Å². The van der Waals surface area contributed by atoms with E-state index in [2.05, 4.69) is 26.5 Å². The summed E-state index contributed by atoms with van der Waals surface area (Å²) in [5.74, 6) is -2.00. The summed E-state index contributed by atoms with van der Waals surface area (Å²) in [6, 6.07) is 31.8. The molecule has 0 radical (unpaired) electrons. The molecule has 0 bridgehead atoms. The van der Waals surface area contributed by atoms with Crippen LogP contribution in [0.4, 0.5) is 0 Å². The van der Waals surface area contributed by atoms with E-state index in [-0.39, 0.29) is 42.0 Å². The number of aromatic nitrogens is 2. The predicted octanol–water partition coefficient (Wildman–Crippen LogP) is 12.6. The number of phenols is 1. The molecule has 2 aliphatic rings. The van der Waals surface area contributed by atoms with Crippen LogP contribution < -0.4 is 20.1 Å². The number of nitrogens with zero attached hydrogens (tertiary/aromatic N) is 5. The molecule has 2 heterocycles. The molecule has 0 spiro atoms. The normalized spacial score (nSPS) is 14.1. The summed E-state index contributed by atoms with van der Waals surface area (Å²) in [6.07, 6.45) is 8.00. The lowest BCUT2D eigenvalue weighted by atomic mass is 9.81. The number of carbonyl (C=O) groups is 4. The number of rotatable bonds is 20. The highest BCUT2D eigenvalue weighted by molar-refractivity contribution is 6.32. The molecule has 0 saturated heterocycles. The fraction of sp³-hybridized carbons (Fsp3) is 0.371.